The van der Waals surface area contributed by atoms with Gasteiger partial charge in [-0.25, -0.2) is 4.79 Å². The SMILES string of the molecule is CC(C)(C)c1cc(CCC(=O)O)c(O)c(C(C)(C)C)c1.CCCCCCCCOC(=O)Nc1cc(C(C)(C)C)c(O)c(C(C)(C)C)c1. The first-order chi connectivity index (χ1) is 21.4. The number of rotatable bonds is 11. The van der Waals surface area contributed by atoms with E-state index in [9.17, 15) is 19.8 Å². The van der Waals surface area contributed by atoms with Crippen molar-refractivity contribution in [3.05, 3.63) is 52.1 Å². The van der Waals surface area contributed by atoms with Crippen LogP contribution >= 0.6 is 0 Å². The summed E-state index contributed by atoms with van der Waals surface area (Å²) in [5.41, 5.74) is 4.36. The number of unbranched alkanes of at least 4 members (excludes halogenated alkanes) is 5. The zero-order chi connectivity index (χ0) is 36.4. The number of carboxylic acids is 1. The van der Waals surface area contributed by atoms with Crippen LogP contribution in [0.25, 0.3) is 0 Å². The molecule has 0 aliphatic carbocycles. The van der Waals surface area contributed by atoms with Crippen LogP contribution in [-0.2, 0) is 37.6 Å². The van der Waals surface area contributed by atoms with Gasteiger partial charge in [0.05, 0.1) is 6.61 Å². The quantitative estimate of drug-likeness (QED) is 0.141. The van der Waals surface area contributed by atoms with Gasteiger partial charge in [-0.05, 0) is 63.3 Å². The minimum atomic E-state index is -0.845. The van der Waals surface area contributed by atoms with Crippen LogP contribution in [-0.4, -0.2) is 34.0 Å². The van der Waals surface area contributed by atoms with Crippen LogP contribution in [0.2, 0.25) is 0 Å². The van der Waals surface area contributed by atoms with E-state index in [-0.39, 0.29) is 33.8 Å². The van der Waals surface area contributed by atoms with Gasteiger partial charge in [-0.1, -0.05) is 134 Å². The van der Waals surface area contributed by atoms with E-state index in [0.717, 1.165) is 40.7 Å². The number of hydrogen-bond acceptors (Lipinski definition) is 5. The summed E-state index contributed by atoms with van der Waals surface area (Å²) in [6, 6.07) is 7.67. The van der Waals surface area contributed by atoms with Gasteiger partial charge < -0.3 is 20.1 Å². The van der Waals surface area contributed by atoms with Crippen molar-refractivity contribution in [1.29, 1.82) is 0 Å². The first-order valence-corrected chi connectivity index (χ1v) is 17.3. The number of benzene rings is 2. The Balaban J connectivity index is 0.000000491. The minimum absolute atomic E-state index is 0.0325. The summed E-state index contributed by atoms with van der Waals surface area (Å²) < 4.78 is 5.32. The zero-order valence-corrected chi connectivity index (χ0v) is 31.7. The number of phenols is 2. The van der Waals surface area contributed by atoms with Gasteiger partial charge >= 0.3 is 12.1 Å². The zero-order valence-electron chi connectivity index (χ0n) is 31.7. The standard InChI is InChI=1S/C23H39NO3.C17H26O3/c1-8-9-10-11-12-13-14-27-21(26)24-17-15-18(22(2,3)4)20(25)19(16-17)23(5,6)7;1-16(2,3)12-9-11(7-8-14(18)19)15(20)13(10-12)17(4,5)6/h15-16,25H,8-14H2,1-7H3,(H,24,26);9-10,20H,7-8H2,1-6H3,(H,18,19). The molecule has 0 atom stereocenters. The number of nitrogens with one attached hydrogen (secondary N) is 1. The molecule has 0 aliphatic rings. The topological polar surface area (TPSA) is 116 Å². The predicted molar refractivity (Wildman–Crippen MR) is 195 cm³/mol. The van der Waals surface area contributed by atoms with Crippen molar-refractivity contribution in [2.45, 2.75) is 163 Å². The summed E-state index contributed by atoms with van der Waals surface area (Å²) in [7, 11) is 0. The molecule has 47 heavy (non-hydrogen) atoms. The van der Waals surface area contributed by atoms with Crippen LogP contribution in [0.1, 0.15) is 163 Å². The molecule has 0 unspecified atom stereocenters. The second-order valence-corrected chi connectivity index (χ2v) is 16.9. The average molecular weight is 656 g/mol. The van der Waals surface area contributed by atoms with Crippen molar-refractivity contribution < 1.29 is 29.6 Å². The molecule has 0 aromatic heterocycles. The normalized spacial score (nSPS) is 12.3. The Morgan fingerprint density at radius 1 is 0.660 bits per heavy atom. The lowest BCUT2D eigenvalue weighted by Crippen LogP contribution is -2.20. The molecule has 0 saturated heterocycles. The van der Waals surface area contributed by atoms with Gasteiger partial charge in [0.25, 0.3) is 0 Å². The van der Waals surface area contributed by atoms with Crippen LogP contribution in [0.15, 0.2) is 24.3 Å². The third-order valence-electron chi connectivity index (χ3n) is 8.17. The molecule has 2 rings (SSSR count). The Hall–Kier alpha value is -3.22. The number of amides is 1. The van der Waals surface area contributed by atoms with E-state index in [1.54, 1.807) is 0 Å². The lowest BCUT2D eigenvalue weighted by molar-refractivity contribution is -0.136. The maximum atomic E-state index is 12.2. The third-order valence-corrected chi connectivity index (χ3v) is 8.17. The summed E-state index contributed by atoms with van der Waals surface area (Å²) in [5, 5.41) is 32.8. The van der Waals surface area contributed by atoms with E-state index >= 15 is 0 Å². The van der Waals surface area contributed by atoms with Gasteiger partial charge in [0.2, 0.25) is 0 Å². The number of anilines is 1. The number of aryl methyl sites for hydroxylation is 1. The Morgan fingerprint density at radius 2 is 1.13 bits per heavy atom. The fourth-order valence-corrected chi connectivity index (χ4v) is 5.18. The summed E-state index contributed by atoms with van der Waals surface area (Å²) in [6.07, 6.45) is 6.89. The van der Waals surface area contributed by atoms with Gasteiger partial charge in [-0.2, -0.15) is 0 Å². The average Bonchev–Trinajstić information content (AvgIpc) is 2.90. The first kappa shape index (κ1) is 41.8. The van der Waals surface area contributed by atoms with Crippen molar-refractivity contribution in [1.82, 2.24) is 0 Å². The minimum Gasteiger partial charge on any atom is -0.507 e. The first-order valence-electron chi connectivity index (χ1n) is 17.3. The molecule has 2 aromatic rings. The van der Waals surface area contributed by atoms with Gasteiger partial charge in [-0.3, -0.25) is 10.1 Å². The van der Waals surface area contributed by atoms with Crippen LogP contribution in [0.3, 0.4) is 0 Å². The molecule has 0 heterocycles. The second kappa shape index (κ2) is 17.3. The molecule has 1 amide bonds. The molecule has 2 aromatic carbocycles. The number of hydrogen-bond donors (Lipinski definition) is 4. The van der Waals surface area contributed by atoms with E-state index in [2.05, 4.69) is 95.3 Å². The number of phenolic OH excluding ortho intramolecular Hbond substituents is 2. The lowest BCUT2D eigenvalue weighted by Gasteiger charge is -2.28. The highest BCUT2D eigenvalue weighted by atomic mass is 16.5. The Bertz CT molecular complexity index is 1280. The number of ether oxygens (including phenoxy) is 1. The fraction of sp³-hybridized carbons (Fsp3) is 0.650. The molecule has 0 aliphatic heterocycles. The maximum Gasteiger partial charge on any atom is 0.411 e. The molecule has 7 nitrogen and oxygen atoms in total. The predicted octanol–water partition coefficient (Wildman–Crippen LogP) is 10.9. The second-order valence-electron chi connectivity index (χ2n) is 16.9. The highest BCUT2D eigenvalue weighted by Crippen LogP contribution is 2.41. The van der Waals surface area contributed by atoms with E-state index in [1.807, 2.05) is 24.3 Å². The molecule has 7 heteroatoms. The monoisotopic (exact) mass is 655 g/mol. The van der Waals surface area contributed by atoms with Crippen LogP contribution < -0.4 is 5.32 Å². The van der Waals surface area contributed by atoms with Crippen LogP contribution in [0.5, 0.6) is 11.5 Å². The van der Waals surface area contributed by atoms with Gasteiger partial charge in [0, 0.05) is 23.2 Å². The van der Waals surface area contributed by atoms with Crippen molar-refractivity contribution in [2.75, 3.05) is 11.9 Å². The molecular formula is C40H65NO6. The molecule has 4 N–H and O–H groups in total. The summed E-state index contributed by atoms with van der Waals surface area (Å²) in [6.45, 7) is 27.5. The third kappa shape index (κ3) is 14.2. The van der Waals surface area contributed by atoms with Crippen molar-refractivity contribution in [2.24, 2.45) is 0 Å². The molecule has 0 saturated carbocycles. The molecule has 0 spiro atoms. The van der Waals surface area contributed by atoms with E-state index < -0.39 is 12.1 Å². The molecule has 0 fully saturated rings. The number of aliphatic carboxylic acids is 1. The van der Waals surface area contributed by atoms with Gasteiger partial charge in [0.15, 0.2) is 0 Å². The van der Waals surface area contributed by atoms with E-state index in [0.29, 0.717) is 24.5 Å². The number of carbonyl (C=O) groups excluding carboxylic acids is 1. The Morgan fingerprint density at radius 3 is 1.57 bits per heavy atom. The largest absolute Gasteiger partial charge is 0.507 e. The molecule has 266 valence electrons. The van der Waals surface area contributed by atoms with Crippen LogP contribution in [0.4, 0.5) is 10.5 Å². The molecule has 0 bridgehead atoms. The number of carbonyl (C=O) groups is 2. The Labute approximate surface area is 285 Å². The lowest BCUT2D eigenvalue weighted by atomic mass is 9.78. The van der Waals surface area contributed by atoms with Crippen molar-refractivity contribution in [3.63, 3.8) is 0 Å². The summed E-state index contributed by atoms with van der Waals surface area (Å²) in [4.78, 5) is 22.9. The smallest absolute Gasteiger partial charge is 0.411 e. The molecular weight excluding hydrogens is 590 g/mol. The van der Waals surface area contributed by atoms with E-state index in [1.165, 1.54) is 25.7 Å². The van der Waals surface area contributed by atoms with Crippen molar-refractivity contribution >= 4 is 17.7 Å². The molecule has 0 radical (unpaired) electrons. The van der Waals surface area contributed by atoms with Crippen molar-refractivity contribution in [3.8, 4) is 11.5 Å². The highest BCUT2D eigenvalue weighted by Gasteiger charge is 2.27. The highest BCUT2D eigenvalue weighted by molar-refractivity contribution is 5.85. The van der Waals surface area contributed by atoms with E-state index in [4.69, 9.17) is 9.84 Å². The maximum absolute atomic E-state index is 12.2. The van der Waals surface area contributed by atoms with Crippen LogP contribution in [0, 0.1) is 0 Å². The van der Waals surface area contributed by atoms with Gasteiger partial charge in [-0.15, -0.1) is 0 Å². The Kier molecular flexibility index (Phi) is 15.3. The summed E-state index contributed by atoms with van der Waals surface area (Å²) >= 11 is 0. The summed E-state index contributed by atoms with van der Waals surface area (Å²) in [5.74, 6) is -0.296. The fourth-order valence-electron chi connectivity index (χ4n) is 5.18. The van der Waals surface area contributed by atoms with Gasteiger partial charge in [0.1, 0.15) is 11.5 Å². The number of carboxylic acid groups (broad SMARTS) is 1. The number of aromatic hydroxyl groups is 2.